The van der Waals surface area contributed by atoms with Gasteiger partial charge < -0.3 is 15.5 Å². The highest BCUT2D eigenvalue weighted by Crippen LogP contribution is 2.02. The summed E-state index contributed by atoms with van der Waals surface area (Å²) >= 11 is 0. The van der Waals surface area contributed by atoms with E-state index in [2.05, 4.69) is 16.7 Å². The van der Waals surface area contributed by atoms with Gasteiger partial charge in [0.25, 0.3) is 0 Å². The van der Waals surface area contributed by atoms with Gasteiger partial charge in [-0.15, -0.1) is 12.4 Å². The molecule has 4 nitrogen and oxygen atoms in total. The Bertz CT molecular complexity index is 182. The van der Waals surface area contributed by atoms with E-state index in [1.54, 1.807) is 0 Å². The van der Waals surface area contributed by atoms with E-state index < -0.39 is 0 Å². The minimum Gasteiger partial charge on any atom is -0.370 e. The highest BCUT2D eigenvalue weighted by atomic mass is 35.5. The molecule has 0 unspecified atom stereocenters. The van der Waals surface area contributed by atoms with Crippen molar-refractivity contribution in [2.24, 2.45) is 5.73 Å². The molecular formula is C10H22ClN3O. The summed E-state index contributed by atoms with van der Waals surface area (Å²) in [5.74, 6) is -0.183. The van der Waals surface area contributed by atoms with Crippen LogP contribution in [0.2, 0.25) is 0 Å². The third kappa shape index (κ3) is 5.97. The van der Waals surface area contributed by atoms with E-state index in [4.69, 9.17) is 5.73 Å². The van der Waals surface area contributed by atoms with Crippen LogP contribution in [-0.4, -0.2) is 55.0 Å². The number of carbonyl (C=O) groups excluding carboxylic acids is 1. The maximum Gasteiger partial charge on any atom is 0.217 e. The van der Waals surface area contributed by atoms with Gasteiger partial charge in [0.05, 0.1) is 0 Å². The number of primary amides is 1. The molecule has 1 saturated heterocycles. The van der Waals surface area contributed by atoms with Crippen LogP contribution in [0.5, 0.6) is 0 Å². The first-order valence-electron chi connectivity index (χ1n) is 5.45. The van der Waals surface area contributed by atoms with E-state index in [1.165, 1.54) is 0 Å². The van der Waals surface area contributed by atoms with Gasteiger partial charge in [-0.3, -0.25) is 4.79 Å². The predicted octanol–water partition coefficient (Wildman–Crippen LogP) is 0.311. The third-order valence-corrected chi connectivity index (χ3v) is 2.81. The molecule has 2 N–H and O–H groups in total. The van der Waals surface area contributed by atoms with Crippen molar-refractivity contribution >= 4 is 18.3 Å². The van der Waals surface area contributed by atoms with Crippen LogP contribution in [0.15, 0.2) is 0 Å². The van der Waals surface area contributed by atoms with Crippen LogP contribution in [0, 0.1) is 0 Å². The Labute approximate surface area is 98.2 Å². The quantitative estimate of drug-likeness (QED) is 0.747. The van der Waals surface area contributed by atoms with E-state index in [0.717, 1.165) is 45.7 Å². The lowest BCUT2D eigenvalue weighted by Crippen LogP contribution is -2.46. The van der Waals surface area contributed by atoms with Crippen molar-refractivity contribution in [3.05, 3.63) is 0 Å². The van der Waals surface area contributed by atoms with Gasteiger partial charge in [0.2, 0.25) is 5.91 Å². The fourth-order valence-electron chi connectivity index (χ4n) is 1.81. The molecule has 0 saturated carbocycles. The second kappa shape index (κ2) is 7.91. The number of hydrogen-bond donors (Lipinski definition) is 1. The van der Waals surface area contributed by atoms with Crippen molar-refractivity contribution in [2.75, 3.05) is 39.3 Å². The van der Waals surface area contributed by atoms with Crippen LogP contribution in [0.4, 0.5) is 0 Å². The molecule has 0 aliphatic carbocycles. The smallest absolute Gasteiger partial charge is 0.217 e. The molecule has 1 amide bonds. The predicted molar refractivity (Wildman–Crippen MR) is 64.2 cm³/mol. The zero-order valence-electron chi connectivity index (χ0n) is 9.45. The minimum atomic E-state index is -0.183. The maximum absolute atomic E-state index is 10.5. The van der Waals surface area contributed by atoms with Crippen LogP contribution >= 0.6 is 12.4 Å². The molecule has 1 rings (SSSR count). The fourth-order valence-corrected chi connectivity index (χ4v) is 1.81. The number of amides is 1. The Hall–Kier alpha value is -0.320. The monoisotopic (exact) mass is 235 g/mol. The van der Waals surface area contributed by atoms with Crippen LogP contribution in [0.3, 0.4) is 0 Å². The number of rotatable bonds is 5. The van der Waals surface area contributed by atoms with Crippen LogP contribution in [0.25, 0.3) is 0 Å². The van der Waals surface area contributed by atoms with Gasteiger partial charge in [-0.25, -0.2) is 0 Å². The van der Waals surface area contributed by atoms with E-state index in [0.29, 0.717) is 6.42 Å². The molecular weight excluding hydrogens is 214 g/mol. The van der Waals surface area contributed by atoms with Gasteiger partial charge >= 0.3 is 0 Å². The summed E-state index contributed by atoms with van der Waals surface area (Å²) in [5, 5.41) is 0. The molecule has 1 aliphatic heterocycles. The molecule has 0 aromatic carbocycles. The number of nitrogens with two attached hydrogens (primary N) is 1. The van der Waals surface area contributed by atoms with Crippen molar-refractivity contribution in [1.29, 1.82) is 0 Å². The van der Waals surface area contributed by atoms with E-state index in [9.17, 15) is 4.79 Å². The number of hydrogen-bond acceptors (Lipinski definition) is 3. The molecule has 5 heteroatoms. The summed E-state index contributed by atoms with van der Waals surface area (Å²) in [4.78, 5) is 15.4. The lowest BCUT2D eigenvalue weighted by atomic mass is 10.2. The number of piperazine rings is 1. The number of nitrogens with zero attached hydrogens (tertiary/aromatic N) is 2. The Morgan fingerprint density at radius 3 is 2.20 bits per heavy atom. The molecule has 0 aromatic heterocycles. The molecule has 1 heterocycles. The number of carbonyl (C=O) groups is 1. The summed E-state index contributed by atoms with van der Waals surface area (Å²) in [6.45, 7) is 8.94. The summed E-state index contributed by atoms with van der Waals surface area (Å²) < 4.78 is 0. The molecule has 0 spiro atoms. The van der Waals surface area contributed by atoms with E-state index >= 15 is 0 Å². The number of halogens is 1. The molecule has 15 heavy (non-hydrogen) atoms. The van der Waals surface area contributed by atoms with Crippen molar-refractivity contribution in [1.82, 2.24) is 9.80 Å². The molecule has 1 aliphatic rings. The SMILES string of the molecule is CCN1CCN(CCCC(N)=O)CC1.Cl. The van der Waals surface area contributed by atoms with Crippen LogP contribution in [-0.2, 0) is 4.79 Å². The molecule has 0 bridgehead atoms. The first-order chi connectivity index (χ1) is 6.72. The largest absolute Gasteiger partial charge is 0.370 e. The van der Waals surface area contributed by atoms with Gasteiger partial charge in [0, 0.05) is 32.6 Å². The maximum atomic E-state index is 10.5. The van der Waals surface area contributed by atoms with Crippen LogP contribution in [0.1, 0.15) is 19.8 Å². The second-order valence-corrected chi connectivity index (χ2v) is 3.85. The molecule has 90 valence electrons. The Kier molecular flexibility index (Phi) is 7.74. The fraction of sp³-hybridized carbons (Fsp3) is 0.900. The van der Waals surface area contributed by atoms with Crippen molar-refractivity contribution in [3.8, 4) is 0 Å². The summed E-state index contributed by atoms with van der Waals surface area (Å²) in [5.41, 5.74) is 5.09. The lowest BCUT2D eigenvalue weighted by molar-refractivity contribution is -0.118. The van der Waals surface area contributed by atoms with E-state index in [-0.39, 0.29) is 18.3 Å². The topological polar surface area (TPSA) is 49.6 Å². The normalized spacial score (nSPS) is 18.5. The number of likely N-dealkylation sites (N-methyl/N-ethyl adjacent to an activating group) is 1. The highest BCUT2D eigenvalue weighted by molar-refractivity contribution is 5.85. The summed E-state index contributed by atoms with van der Waals surface area (Å²) in [6.07, 6.45) is 1.43. The van der Waals surface area contributed by atoms with Crippen molar-refractivity contribution in [2.45, 2.75) is 19.8 Å². The summed E-state index contributed by atoms with van der Waals surface area (Å²) in [6, 6.07) is 0. The van der Waals surface area contributed by atoms with Gasteiger partial charge in [0.1, 0.15) is 0 Å². The molecule has 0 radical (unpaired) electrons. The van der Waals surface area contributed by atoms with Gasteiger partial charge in [-0.2, -0.15) is 0 Å². The Balaban J connectivity index is 0.00000196. The lowest BCUT2D eigenvalue weighted by Gasteiger charge is -2.33. The van der Waals surface area contributed by atoms with Crippen molar-refractivity contribution in [3.63, 3.8) is 0 Å². The van der Waals surface area contributed by atoms with Crippen LogP contribution < -0.4 is 5.73 Å². The Morgan fingerprint density at radius 2 is 1.73 bits per heavy atom. The highest BCUT2D eigenvalue weighted by Gasteiger charge is 2.14. The minimum absolute atomic E-state index is 0. The van der Waals surface area contributed by atoms with Gasteiger partial charge in [0.15, 0.2) is 0 Å². The van der Waals surface area contributed by atoms with Gasteiger partial charge in [-0.05, 0) is 19.5 Å². The van der Waals surface area contributed by atoms with Gasteiger partial charge in [-0.1, -0.05) is 6.92 Å². The summed E-state index contributed by atoms with van der Waals surface area (Å²) in [7, 11) is 0. The zero-order valence-corrected chi connectivity index (χ0v) is 10.3. The average molecular weight is 236 g/mol. The standard InChI is InChI=1S/C10H21N3O.ClH/c1-2-12-6-8-13(9-7-12)5-3-4-10(11)14;/h2-9H2,1H3,(H2,11,14);1H. The molecule has 0 aromatic rings. The zero-order chi connectivity index (χ0) is 10.4. The first-order valence-corrected chi connectivity index (χ1v) is 5.45. The van der Waals surface area contributed by atoms with E-state index in [1.807, 2.05) is 0 Å². The Morgan fingerprint density at radius 1 is 1.20 bits per heavy atom. The van der Waals surface area contributed by atoms with Crippen molar-refractivity contribution < 1.29 is 4.79 Å². The average Bonchev–Trinajstić information content (AvgIpc) is 2.18. The molecule has 0 atom stereocenters. The third-order valence-electron chi connectivity index (χ3n) is 2.81. The molecule has 1 fully saturated rings. The second-order valence-electron chi connectivity index (χ2n) is 3.85. The first kappa shape index (κ1) is 14.7.